The fraction of sp³-hybridized carbons (Fsp3) is 0.360. The molecular weight excluding hydrogens is 549 g/mol. The summed E-state index contributed by atoms with van der Waals surface area (Å²) in [5.41, 5.74) is 7.41. The maximum absolute atomic E-state index is 4.95. The molecule has 1 radical (unpaired) electrons. The van der Waals surface area contributed by atoms with Gasteiger partial charge in [-0.3, -0.25) is 9.98 Å². The smallest absolute Gasteiger partial charge is 0.194 e. The van der Waals surface area contributed by atoms with Gasteiger partial charge in [-0.1, -0.05) is 51.5 Å². The van der Waals surface area contributed by atoms with Crippen LogP contribution < -0.4 is 4.90 Å². The molecule has 0 bridgehead atoms. The first-order valence-corrected chi connectivity index (χ1v) is 10.6. The van der Waals surface area contributed by atoms with Crippen LogP contribution in [0.5, 0.6) is 0 Å². The third-order valence-electron chi connectivity index (χ3n) is 5.97. The van der Waals surface area contributed by atoms with E-state index in [2.05, 4.69) is 73.6 Å². The van der Waals surface area contributed by atoms with Gasteiger partial charge in [0.15, 0.2) is 5.96 Å². The van der Waals surface area contributed by atoms with E-state index in [0.717, 1.165) is 48.2 Å². The summed E-state index contributed by atoms with van der Waals surface area (Å²) in [6.07, 6.45) is 3.10. The van der Waals surface area contributed by atoms with Gasteiger partial charge in [0.05, 0.1) is 11.5 Å². The number of benzene rings is 2. The van der Waals surface area contributed by atoms with E-state index in [1.165, 1.54) is 16.7 Å². The SMILES string of the molecule is CC(C)c1cccc(C(C)C)c1-c1cnc2n1C1=NCCCN1c1ccc[c-]c1-2.[Ir]. The third kappa shape index (κ3) is 3.16. The van der Waals surface area contributed by atoms with Crippen LogP contribution in [0.1, 0.15) is 57.1 Å². The van der Waals surface area contributed by atoms with Crippen LogP contribution in [-0.2, 0) is 20.1 Å². The largest absolute Gasteiger partial charge is 0.353 e. The Morgan fingerprint density at radius 1 is 1.00 bits per heavy atom. The van der Waals surface area contributed by atoms with Gasteiger partial charge in [0.25, 0.3) is 0 Å². The minimum Gasteiger partial charge on any atom is -0.353 e. The molecule has 2 aromatic carbocycles. The summed E-state index contributed by atoms with van der Waals surface area (Å²) in [7, 11) is 0. The van der Waals surface area contributed by atoms with Crippen LogP contribution >= 0.6 is 0 Å². The van der Waals surface area contributed by atoms with Crippen LogP contribution in [0.4, 0.5) is 5.69 Å². The minimum atomic E-state index is 0. The second-order valence-electron chi connectivity index (χ2n) is 8.54. The average Bonchev–Trinajstić information content (AvgIpc) is 3.18. The molecule has 2 aliphatic rings. The first kappa shape index (κ1) is 21.0. The zero-order valence-corrected chi connectivity index (χ0v) is 20.3. The molecule has 0 spiro atoms. The monoisotopic (exact) mass is 576 g/mol. The van der Waals surface area contributed by atoms with E-state index in [4.69, 9.17) is 9.98 Å². The maximum atomic E-state index is 4.95. The van der Waals surface area contributed by atoms with E-state index in [0.29, 0.717) is 11.8 Å². The van der Waals surface area contributed by atoms with Crippen molar-refractivity contribution < 1.29 is 20.1 Å². The number of anilines is 1. The number of hydrogen-bond acceptors (Lipinski definition) is 3. The number of imidazole rings is 1. The molecule has 0 unspecified atom stereocenters. The molecule has 30 heavy (non-hydrogen) atoms. The van der Waals surface area contributed by atoms with Crippen LogP contribution in [0.2, 0.25) is 0 Å². The van der Waals surface area contributed by atoms with Crippen LogP contribution in [-0.4, -0.2) is 28.6 Å². The van der Waals surface area contributed by atoms with Crippen molar-refractivity contribution in [3.8, 4) is 22.6 Å². The molecule has 3 aromatic rings. The van der Waals surface area contributed by atoms with E-state index in [-0.39, 0.29) is 20.1 Å². The Morgan fingerprint density at radius 3 is 2.43 bits per heavy atom. The maximum Gasteiger partial charge on any atom is 0.194 e. The number of nitrogens with zero attached hydrogens (tertiary/aromatic N) is 4. The molecule has 0 atom stereocenters. The topological polar surface area (TPSA) is 33.4 Å². The molecule has 0 N–H and O–H groups in total. The number of aliphatic imine (C=N–C) groups is 1. The van der Waals surface area contributed by atoms with Gasteiger partial charge >= 0.3 is 0 Å². The number of fused-ring (bicyclic) bond motifs is 6. The van der Waals surface area contributed by atoms with E-state index < -0.39 is 0 Å². The van der Waals surface area contributed by atoms with E-state index >= 15 is 0 Å². The number of hydrogen-bond donors (Lipinski definition) is 0. The number of aromatic nitrogens is 2. The second kappa shape index (κ2) is 8.13. The van der Waals surface area contributed by atoms with Gasteiger partial charge < -0.3 is 9.47 Å². The Bertz CT molecular complexity index is 1080. The van der Waals surface area contributed by atoms with E-state index in [9.17, 15) is 0 Å². The van der Waals surface area contributed by atoms with Crippen LogP contribution in [0, 0.1) is 6.07 Å². The van der Waals surface area contributed by atoms with Gasteiger partial charge in [-0.15, -0.1) is 24.3 Å². The first-order valence-electron chi connectivity index (χ1n) is 10.6. The summed E-state index contributed by atoms with van der Waals surface area (Å²) in [5.74, 6) is 2.81. The van der Waals surface area contributed by atoms with Crippen molar-refractivity contribution in [3.05, 3.63) is 59.8 Å². The molecule has 0 amide bonds. The second-order valence-corrected chi connectivity index (χ2v) is 8.54. The van der Waals surface area contributed by atoms with Gasteiger partial charge in [0, 0.05) is 45.0 Å². The van der Waals surface area contributed by atoms with Crippen molar-refractivity contribution >= 4 is 11.6 Å². The molecule has 0 saturated heterocycles. The summed E-state index contributed by atoms with van der Waals surface area (Å²) in [5, 5.41) is 0. The van der Waals surface area contributed by atoms with Crippen molar-refractivity contribution in [3.63, 3.8) is 0 Å². The molecular formula is C25H27IrN4-. The zero-order valence-electron chi connectivity index (χ0n) is 17.9. The fourth-order valence-corrected chi connectivity index (χ4v) is 4.60. The molecule has 5 heteroatoms. The predicted octanol–water partition coefficient (Wildman–Crippen LogP) is 5.69. The molecule has 0 saturated carbocycles. The summed E-state index contributed by atoms with van der Waals surface area (Å²) in [6.45, 7) is 10.9. The molecule has 4 nitrogen and oxygen atoms in total. The Balaban J connectivity index is 0.00000218. The minimum absolute atomic E-state index is 0. The van der Waals surface area contributed by atoms with Gasteiger partial charge in [0.2, 0.25) is 0 Å². The zero-order chi connectivity index (χ0) is 20.1. The molecule has 0 aliphatic carbocycles. The molecule has 0 fully saturated rings. The summed E-state index contributed by atoms with van der Waals surface area (Å²) in [4.78, 5) is 12.2. The van der Waals surface area contributed by atoms with Crippen molar-refractivity contribution in [2.24, 2.45) is 4.99 Å². The standard InChI is InChI=1S/C25H27N4.Ir/c1-16(2)18-10-7-11-19(17(3)4)23(18)22-15-27-24-20-9-5-6-12-21(20)28-14-8-13-26-25(28)29(22)24;/h5-7,10-12,15-17H,8,13-14H2,1-4H3;/q-1;. The molecule has 157 valence electrons. The number of rotatable bonds is 3. The van der Waals surface area contributed by atoms with Crippen LogP contribution in [0.25, 0.3) is 22.6 Å². The molecule has 2 aliphatic heterocycles. The Hall–Kier alpha value is -2.23. The normalized spacial score (nSPS) is 14.7. The Morgan fingerprint density at radius 2 is 1.73 bits per heavy atom. The van der Waals surface area contributed by atoms with E-state index in [1.54, 1.807) is 0 Å². The Kier molecular flexibility index (Phi) is 5.69. The van der Waals surface area contributed by atoms with Crippen molar-refractivity contribution in [1.82, 2.24) is 9.55 Å². The third-order valence-corrected chi connectivity index (χ3v) is 5.97. The predicted molar refractivity (Wildman–Crippen MR) is 120 cm³/mol. The summed E-state index contributed by atoms with van der Waals surface area (Å²) < 4.78 is 2.27. The quantitative estimate of drug-likeness (QED) is 0.376. The summed E-state index contributed by atoms with van der Waals surface area (Å²) in [6, 6.07) is 16.3. The van der Waals surface area contributed by atoms with E-state index in [1.807, 2.05) is 12.3 Å². The first-order chi connectivity index (χ1) is 14.1. The Labute approximate surface area is 192 Å². The van der Waals surface area contributed by atoms with Gasteiger partial charge in [0.1, 0.15) is 0 Å². The van der Waals surface area contributed by atoms with Crippen molar-refractivity contribution in [1.29, 1.82) is 0 Å². The molecule has 1 aromatic heterocycles. The van der Waals surface area contributed by atoms with Gasteiger partial charge in [-0.05, 0) is 35.1 Å². The average molecular weight is 576 g/mol. The van der Waals surface area contributed by atoms with Gasteiger partial charge in [-0.2, -0.15) is 0 Å². The van der Waals surface area contributed by atoms with Gasteiger partial charge in [-0.25, -0.2) is 0 Å². The summed E-state index contributed by atoms with van der Waals surface area (Å²) >= 11 is 0. The van der Waals surface area contributed by atoms with Crippen LogP contribution in [0.15, 0.2) is 47.6 Å². The molecule has 3 heterocycles. The van der Waals surface area contributed by atoms with Crippen molar-refractivity contribution in [2.45, 2.75) is 46.0 Å². The van der Waals surface area contributed by atoms with Crippen molar-refractivity contribution in [2.75, 3.05) is 18.0 Å². The fourth-order valence-electron chi connectivity index (χ4n) is 4.60. The van der Waals surface area contributed by atoms with Crippen LogP contribution in [0.3, 0.4) is 0 Å². The molecule has 5 rings (SSSR count).